The van der Waals surface area contributed by atoms with E-state index >= 15 is 0 Å². The molecule has 3 nitrogen and oxygen atoms in total. The smallest absolute Gasteiger partial charge is 0.417 e. The summed E-state index contributed by atoms with van der Waals surface area (Å²) in [7, 11) is 0. The molecule has 1 aromatic carbocycles. The SMILES string of the molecule is O=C(O)C1CCN(c2ccc(C(F)(F)F)c(Cl)c2)C1. The summed E-state index contributed by atoms with van der Waals surface area (Å²) in [6.45, 7) is 0.787. The molecule has 2 rings (SSSR count). The Morgan fingerprint density at radius 1 is 1.42 bits per heavy atom. The average molecular weight is 294 g/mol. The van der Waals surface area contributed by atoms with Crippen LogP contribution >= 0.6 is 11.6 Å². The largest absolute Gasteiger partial charge is 0.481 e. The fourth-order valence-corrected chi connectivity index (χ4v) is 2.41. The van der Waals surface area contributed by atoms with Crippen LogP contribution in [0.5, 0.6) is 0 Å². The first-order valence-electron chi connectivity index (χ1n) is 5.63. The molecule has 104 valence electrons. The molecule has 19 heavy (non-hydrogen) atoms. The van der Waals surface area contributed by atoms with Gasteiger partial charge < -0.3 is 10.0 Å². The Bertz CT molecular complexity index is 504. The summed E-state index contributed by atoms with van der Waals surface area (Å²) in [5.41, 5.74) is -0.367. The predicted octanol–water partition coefficient (Wildman–Crippen LogP) is 3.27. The van der Waals surface area contributed by atoms with Gasteiger partial charge in [-0.3, -0.25) is 4.79 Å². The summed E-state index contributed by atoms with van der Waals surface area (Å²) in [6, 6.07) is 3.47. The van der Waals surface area contributed by atoms with E-state index in [2.05, 4.69) is 0 Å². The van der Waals surface area contributed by atoms with Gasteiger partial charge in [0.15, 0.2) is 0 Å². The van der Waals surface area contributed by atoms with Crippen LogP contribution in [0.25, 0.3) is 0 Å². The highest BCUT2D eigenvalue weighted by Gasteiger charge is 2.34. The summed E-state index contributed by atoms with van der Waals surface area (Å²) < 4.78 is 37.6. The zero-order valence-electron chi connectivity index (χ0n) is 9.75. The van der Waals surface area contributed by atoms with Crippen molar-refractivity contribution in [3.05, 3.63) is 28.8 Å². The van der Waals surface area contributed by atoms with Crippen molar-refractivity contribution in [3.63, 3.8) is 0 Å². The maximum Gasteiger partial charge on any atom is 0.417 e. The molecule has 1 aromatic rings. The highest BCUT2D eigenvalue weighted by molar-refractivity contribution is 6.31. The van der Waals surface area contributed by atoms with E-state index < -0.39 is 23.6 Å². The van der Waals surface area contributed by atoms with Gasteiger partial charge in [0.25, 0.3) is 0 Å². The maximum atomic E-state index is 12.5. The van der Waals surface area contributed by atoms with Crippen LogP contribution in [0.3, 0.4) is 0 Å². The number of benzene rings is 1. The van der Waals surface area contributed by atoms with Crippen molar-refractivity contribution in [1.82, 2.24) is 0 Å². The molecule has 0 aliphatic carbocycles. The molecule has 0 saturated carbocycles. The van der Waals surface area contributed by atoms with Gasteiger partial charge in [0, 0.05) is 18.8 Å². The van der Waals surface area contributed by atoms with Crippen molar-refractivity contribution in [2.24, 2.45) is 5.92 Å². The van der Waals surface area contributed by atoms with Crippen LogP contribution < -0.4 is 4.90 Å². The third kappa shape index (κ3) is 2.94. The van der Waals surface area contributed by atoms with E-state index in [1.807, 2.05) is 0 Å². The monoisotopic (exact) mass is 293 g/mol. The number of anilines is 1. The Morgan fingerprint density at radius 3 is 2.58 bits per heavy atom. The number of hydrogen-bond donors (Lipinski definition) is 1. The lowest BCUT2D eigenvalue weighted by Gasteiger charge is -2.19. The molecule has 1 heterocycles. The maximum absolute atomic E-state index is 12.5. The summed E-state index contributed by atoms with van der Waals surface area (Å²) in [6.07, 6.45) is -4.00. The number of carboxylic acid groups (broad SMARTS) is 1. The number of carboxylic acids is 1. The molecular formula is C12H11ClF3NO2. The molecule has 1 saturated heterocycles. The summed E-state index contributed by atoms with van der Waals surface area (Å²) >= 11 is 5.63. The van der Waals surface area contributed by atoms with Gasteiger partial charge in [0.05, 0.1) is 16.5 Å². The molecule has 0 amide bonds. The first-order valence-corrected chi connectivity index (χ1v) is 6.01. The van der Waals surface area contributed by atoms with Crippen LogP contribution in [0.4, 0.5) is 18.9 Å². The first-order chi connectivity index (χ1) is 8.79. The minimum atomic E-state index is -4.48. The van der Waals surface area contributed by atoms with Gasteiger partial charge in [0.2, 0.25) is 0 Å². The Morgan fingerprint density at radius 2 is 2.11 bits per heavy atom. The Kier molecular flexibility index (Phi) is 3.62. The fourth-order valence-electron chi connectivity index (χ4n) is 2.13. The average Bonchev–Trinajstić information content (AvgIpc) is 2.76. The van der Waals surface area contributed by atoms with E-state index in [0.29, 0.717) is 18.7 Å². The highest BCUT2D eigenvalue weighted by atomic mass is 35.5. The van der Waals surface area contributed by atoms with Crippen LogP contribution in [0.1, 0.15) is 12.0 Å². The fraction of sp³-hybridized carbons (Fsp3) is 0.417. The molecule has 1 atom stereocenters. The molecule has 7 heteroatoms. The molecule has 0 spiro atoms. The quantitative estimate of drug-likeness (QED) is 0.910. The van der Waals surface area contributed by atoms with E-state index in [4.69, 9.17) is 16.7 Å². The number of halogens is 4. The lowest BCUT2D eigenvalue weighted by molar-refractivity contribution is -0.141. The van der Waals surface area contributed by atoms with Gasteiger partial charge >= 0.3 is 12.1 Å². The van der Waals surface area contributed by atoms with Crippen molar-refractivity contribution in [2.45, 2.75) is 12.6 Å². The molecule has 0 aromatic heterocycles. The van der Waals surface area contributed by atoms with Gasteiger partial charge in [-0.05, 0) is 24.6 Å². The van der Waals surface area contributed by atoms with Gasteiger partial charge in [-0.15, -0.1) is 0 Å². The van der Waals surface area contributed by atoms with Crippen molar-refractivity contribution in [2.75, 3.05) is 18.0 Å². The third-order valence-electron chi connectivity index (χ3n) is 3.16. The van der Waals surface area contributed by atoms with Crippen LogP contribution in [-0.2, 0) is 11.0 Å². The van der Waals surface area contributed by atoms with Crippen molar-refractivity contribution in [3.8, 4) is 0 Å². The number of aliphatic carboxylic acids is 1. The topological polar surface area (TPSA) is 40.5 Å². The Labute approximate surface area is 112 Å². The number of hydrogen-bond acceptors (Lipinski definition) is 2. The standard InChI is InChI=1S/C12H11ClF3NO2/c13-10-5-8(1-2-9(10)12(14,15)16)17-4-3-7(6-17)11(18)19/h1-2,5,7H,3-4,6H2,(H,18,19). The van der Waals surface area contributed by atoms with Crippen molar-refractivity contribution >= 4 is 23.3 Å². The third-order valence-corrected chi connectivity index (χ3v) is 3.47. The number of alkyl halides is 3. The predicted molar refractivity (Wildman–Crippen MR) is 64.4 cm³/mol. The second-order valence-electron chi connectivity index (χ2n) is 4.43. The zero-order chi connectivity index (χ0) is 14.2. The van der Waals surface area contributed by atoms with Crippen LogP contribution in [-0.4, -0.2) is 24.2 Å². The number of rotatable bonds is 2. The summed E-state index contributed by atoms with van der Waals surface area (Å²) in [5.74, 6) is -1.37. The zero-order valence-corrected chi connectivity index (χ0v) is 10.5. The number of carbonyl (C=O) groups is 1. The number of nitrogens with zero attached hydrogens (tertiary/aromatic N) is 1. The van der Waals surface area contributed by atoms with Gasteiger partial charge in [0.1, 0.15) is 0 Å². The van der Waals surface area contributed by atoms with Crippen LogP contribution in [0, 0.1) is 5.92 Å². The second kappa shape index (κ2) is 4.92. The highest BCUT2D eigenvalue weighted by Crippen LogP contribution is 2.37. The van der Waals surface area contributed by atoms with E-state index in [1.165, 1.54) is 12.1 Å². The Hall–Kier alpha value is -1.43. The minimum Gasteiger partial charge on any atom is -0.481 e. The summed E-state index contributed by atoms with van der Waals surface area (Å²) in [4.78, 5) is 12.6. The lowest BCUT2D eigenvalue weighted by atomic mass is 10.1. The van der Waals surface area contributed by atoms with E-state index in [0.717, 1.165) is 6.07 Å². The molecule has 1 N–H and O–H groups in total. The molecule has 1 unspecified atom stereocenters. The van der Waals surface area contributed by atoms with Gasteiger partial charge in [-0.25, -0.2) is 0 Å². The van der Waals surface area contributed by atoms with E-state index in [-0.39, 0.29) is 11.6 Å². The van der Waals surface area contributed by atoms with Crippen LogP contribution in [0.2, 0.25) is 5.02 Å². The van der Waals surface area contributed by atoms with Crippen molar-refractivity contribution < 1.29 is 23.1 Å². The lowest BCUT2D eigenvalue weighted by Crippen LogP contribution is -2.22. The van der Waals surface area contributed by atoms with Crippen LogP contribution in [0.15, 0.2) is 18.2 Å². The summed E-state index contributed by atoms with van der Waals surface area (Å²) in [5, 5.41) is 8.51. The molecule has 0 radical (unpaired) electrons. The van der Waals surface area contributed by atoms with E-state index in [9.17, 15) is 18.0 Å². The van der Waals surface area contributed by atoms with Crippen molar-refractivity contribution in [1.29, 1.82) is 0 Å². The molecular weight excluding hydrogens is 283 g/mol. The normalized spacial score (nSPS) is 19.8. The molecule has 0 bridgehead atoms. The molecule has 1 fully saturated rings. The van der Waals surface area contributed by atoms with Gasteiger partial charge in [-0.2, -0.15) is 13.2 Å². The van der Waals surface area contributed by atoms with Gasteiger partial charge in [-0.1, -0.05) is 11.6 Å². The Balaban J connectivity index is 2.20. The first kappa shape index (κ1) is 14.0. The minimum absolute atomic E-state index is 0.289. The molecule has 1 aliphatic heterocycles. The second-order valence-corrected chi connectivity index (χ2v) is 4.84. The van der Waals surface area contributed by atoms with E-state index in [1.54, 1.807) is 4.90 Å². The molecule has 1 aliphatic rings.